The van der Waals surface area contributed by atoms with Gasteiger partial charge in [-0.15, -0.1) is 0 Å². The largest absolute Gasteiger partial charge is 0.298 e. The Morgan fingerprint density at radius 1 is 1.00 bits per heavy atom. The van der Waals surface area contributed by atoms with Gasteiger partial charge in [0.25, 0.3) is 0 Å². The fourth-order valence-corrected chi connectivity index (χ4v) is 4.07. The zero-order valence-corrected chi connectivity index (χ0v) is 17.2. The maximum Gasteiger partial charge on any atom is 0.0672 e. The van der Waals surface area contributed by atoms with E-state index in [0.717, 1.165) is 37.1 Å². The summed E-state index contributed by atoms with van der Waals surface area (Å²) in [4.78, 5) is 2.51. The Labute approximate surface area is 170 Å². The Balaban J connectivity index is 1.63. The molecule has 28 heavy (non-hydrogen) atoms. The summed E-state index contributed by atoms with van der Waals surface area (Å²) in [6.07, 6.45) is 2.19. The quantitative estimate of drug-likeness (QED) is 0.632. The second-order valence-electron chi connectivity index (χ2n) is 7.90. The molecule has 0 spiro atoms. The van der Waals surface area contributed by atoms with Crippen LogP contribution in [0.4, 0.5) is 0 Å². The highest BCUT2D eigenvalue weighted by Gasteiger charge is 2.39. The molecule has 4 atom stereocenters. The summed E-state index contributed by atoms with van der Waals surface area (Å²) < 4.78 is 0. The van der Waals surface area contributed by atoms with Crippen LogP contribution in [0.3, 0.4) is 0 Å². The number of hydrogen-bond acceptors (Lipinski definition) is 2. The Morgan fingerprint density at radius 2 is 1.64 bits per heavy atom. The van der Waals surface area contributed by atoms with Crippen molar-refractivity contribution in [2.24, 2.45) is 11.8 Å². The lowest BCUT2D eigenvalue weighted by atomic mass is 9.79. The van der Waals surface area contributed by atoms with Crippen LogP contribution in [0, 0.1) is 35.0 Å². The maximum absolute atomic E-state index is 9.51. The van der Waals surface area contributed by atoms with E-state index in [9.17, 15) is 5.26 Å². The lowest BCUT2D eigenvalue weighted by Gasteiger charge is -2.49. The highest BCUT2D eigenvalue weighted by Crippen LogP contribution is 2.37. The molecule has 2 heteroatoms. The third-order valence-corrected chi connectivity index (χ3v) is 6.17. The number of benzene rings is 2. The van der Waals surface area contributed by atoms with Gasteiger partial charge in [0.15, 0.2) is 0 Å². The minimum atomic E-state index is 0.135. The molecule has 3 rings (SSSR count). The first-order chi connectivity index (χ1) is 13.7. The lowest BCUT2D eigenvalue weighted by molar-refractivity contribution is 0.0402. The number of rotatable bonds is 6. The van der Waals surface area contributed by atoms with Crippen molar-refractivity contribution in [2.75, 3.05) is 13.1 Å². The van der Waals surface area contributed by atoms with E-state index in [1.165, 1.54) is 5.56 Å². The molecule has 0 aromatic heterocycles. The molecule has 2 aromatic carbocycles. The summed E-state index contributed by atoms with van der Waals surface area (Å²) in [5.41, 5.74) is 3.49. The summed E-state index contributed by atoms with van der Waals surface area (Å²) in [5.74, 6) is 7.64. The van der Waals surface area contributed by atoms with Crippen molar-refractivity contribution in [3.05, 3.63) is 71.3 Å². The molecule has 2 aromatic rings. The van der Waals surface area contributed by atoms with Crippen LogP contribution in [-0.4, -0.2) is 24.0 Å². The fraction of sp³-hybridized carbons (Fsp3) is 0.423. The van der Waals surface area contributed by atoms with Crippen LogP contribution in [0.5, 0.6) is 0 Å². The van der Waals surface area contributed by atoms with Crippen LogP contribution in [0.1, 0.15) is 56.2 Å². The molecule has 2 nitrogen and oxygen atoms in total. The van der Waals surface area contributed by atoms with Crippen LogP contribution in [0.25, 0.3) is 0 Å². The smallest absolute Gasteiger partial charge is 0.0672 e. The van der Waals surface area contributed by atoms with Gasteiger partial charge in [-0.2, -0.15) is 5.26 Å². The number of likely N-dealkylation sites (tertiary alicyclic amines) is 1. The zero-order chi connectivity index (χ0) is 19.9. The van der Waals surface area contributed by atoms with Crippen LogP contribution in [0.15, 0.2) is 54.6 Å². The Bertz CT molecular complexity index is 851. The molecule has 0 saturated carbocycles. The van der Waals surface area contributed by atoms with Crippen molar-refractivity contribution in [1.29, 1.82) is 5.26 Å². The van der Waals surface area contributed by atoms with Crippen LogP contribution >= 0.6 is 0 Å². The van der Waals surface area contributed by atoms with Crippen molar-refractivity contribution >= 4 is 0 Å². The maximum atomic E-state index is 9.51. The summed E-state index contributed by atoms with van der Waals surface area (Å²) in [6.45, 7) is 8.59. The van der Waals surface area contributed by atoms with E-state index in [0.29, 0.717) is 17.9 Å². The summed E-state index contributed by atoms with van der Waals surface area (Å²) >= 11 is 0. The first-order valence-corrected chi connectivity index (χ1v) is 10.5. The van der Waals surface area contributed by atoms with Gasteiger partial charge >= 0.3 is 0 Å². The first-order valence-electron chi connectivity index (χ1n) is 10.5. The molecule has 0 bridgehead atoms. The molecule has 4 unspecified atom stereocenters. The molecule has 0 N–H and O–H groups in total. The van der Waals surface area contributed by atoms with Crippen LogP contribution in [-0.2, 0) is 0 Å². The van der Waals surface area contributed by atoms with E-state index in [4.69, 9.17) is 0 Å². The first kappa shape index (κ1) is 20.2. The normalized spacial score (nSPS) is 20.9. The van der Waals surface area contributed by atoms with Crippen LogP contribution in [0.2, 0.25) is 0 Å². The van der Waals surface area contributed by atoms with Gasteiger partial charge in [0.2, 0.25) is 0 Å². The van der Waals surface area contributed by atoms with Crippen molar-refractivity contribution < 1.29 is 0 Å². The van der Waals surface area contributed by atoms with Crippen molar-refractivity contribution in [2.45, 2.75) is 45.6 Å². The zero-order valence-electron chi connectivity index (χ0n) is 17.2. The minimum Gasteiger partial charge on any atom is -0.298 e. The molecule has 1 heterocycles. The molecule has 1 fully saturated rings. The SMILES string of the molecule is CCC(C)C(C#N)CN1CC(c2ccc(C#Cc3ccccc3)cc2)C1CC. The predicted molar refractivity (Wildman–Crippen MR) is 116 cm³/mol. The standard InChI is InChI=1S/C26H30N2/c1-4-20(3)24(17-27)18-28-19-25(26(28)5-2)23-15-13-22(14-16-23)12-11-21-9-7-6-8-10-21/h6-10,13-16,20,24-26H,4-5,18-19H2,1-3H3. The van der Waals surface area contributed by atoms with E-state index >= 15 is 0 Å². The van der Waals surface area contributed by atoms with Crippen LogP contribution < -0.4 is 0 Å². The van der Waals surface area contributed by atoms with E-state index in [1.807, 2.05) is 30.3 Å². The minimum absolute atomic E-state index is 0.135. The second kappa shape index (κ2) is 9.59. The summed E-state index contributed by atoms with van der Waals surface area (Å²) in [7, 11) is 0. The van der Waals surface area contributed by atoms with Gasteiger partial charge in [-0.25, -0.2) is 0 Å². The Hall–Kier alpha value is -2.55. The highest BCUT2D eigenvalue weighted by atomic mass is 15.2. The average molecular weight is 371 g/mol. The molecule has 1 aliphatic rings. The third kappa shape index (κ3) is 4.64. The molecular weight excluding hydrogens is 340 g/mol. The third-order valence-electron chi connectivity index (χ3n) is 6.17. The van der Waals surface area contributed by atoms with E-state index < -0.39 is 0 Å². The van der Waals surface area contributed by atoms with Crippen molar-refractivity contribution in [3.8, 4) is 17.9 Å². The van der Waals surface area contributed by atoms with E-state index in [-0.39, 0.29) is 5.92 Å². The van der Waals surface area contributed by atoms with Gasteiger partial charge in [-0.1, -0.05) is 69.4 Å². The highest BCUT2D eigenvalue weighted by molar-refractivity contribution is 5.44. The monoisotopic (exact) mass is 370 g/mol. The molecule has 1 aliphatic heterocycles. The lowest BCUT2D eigenvalue weighted by Crippen LogP contribution is -2.55. The number of nitriles is 1. The number of hydrogen-bond donors (Lipinski definition) is 0. The second-order valence-corrected chi connectivity index (χ2v) is 7.90. The van der Waals surface area contributed by atoms with Crippen molar-refractivity contribution in [1.82, 2.24) is 4.90 Å². The van der Waals surface area contributed by atoms with Gasteiger partial charge in [0.1, 0.15) is 0 Å². The van der Waals surface area contributed by atoms with E-state index in [2.05, 4.69) is 67.8 Å². The van der Waals surface area contributed by atoms with E-state index in [1.54, 1.807) is 0 Å². The Kier molecular flexibility index (Phi) is 6.91. The van der Waals surface area contributed by atoms with Gasteiger partial charge in [0, 0.05) is 36.2 Å². The predicted octanol–water partition coefficient (Wildman–Crippen LogP) is 5.45. The molecule has 0 aliphatic carbocycles. The van der Waals surface area contributed by atoms with Gasteiger partial charge in [-0.05, 0) is 42.2 Å². The van der Waals surface area contributed by atoms with Crippen molar-refractivity contribution in [3.63, 3.8) is 0 Å². The topological polar surface area (TPSA) is 27.0 Å². The molecular formula is C26H30N2. The molecule has 0 radical (unpaired) electrons. The summed E-state index contributed by atoms with van der Waals surface area (Å²) in [6, 6.07) is 21.9. The molecule has 0 amide bonds. The van der Waals surface area contributed by atoms with Gasteiger partial charge in [-0.3, -0.25) is 4.90 Å². The van der Waals surface area contributed by atoms with Gasteiger partial charge in [0.05, 0.1) is 12.0 Å². The molecule has 144 valence electrons. The fourth-order valence-electron chi connectivity index (χ4n) is 4.07. The Morgan fingerprint density at radius 3 is 2.21 bits per heavy atom. The van der Waals surface area contributed by atoms with Gasteiger partial charge < -0.3 is 0 Å². The average Bonchev–Trinajstić information content (AvgIpc) is 2.73. The summed E-state index contributed by atoms with van der Waals surface area (Å²) in [5, 5.41) is 9.51. The number of nitrogens with zero attached hydrogens (tertiary/aromatic N) is 2. The molecule has 1 saturated heterocycles.